The van der Waals surface area contributed by atoms with Gasteiger partial charge in [0.2, 0.25) is 5.91 Å². The summed E-state index contributed by atoms with van der Waals surface area (Å²) in [4.78, 5) is 36.3. The number of pyridine rings is 1. The fourth-order valence-electron chi connectivity index (χ4n) is 2.43. The Morgan fingerprint density at radius 1 is 1.27 bits per heavy atom. The highest BCUT2D eigenvalue weighted by molar-refractivity contribution is 5.93. The van der Waals surface area contributed by atoms with E-state index in [2.05, 4.69) is 0 Å². The SMILES string of the molecule is Cc1ccc(N(CCC#N)C(=O)Cn2cc([N+](=O)[O-])ccc2=O)cc1C. The van der Waals surface area contributed by atoms with E-state index in [0.29, 0.717) is 5.69 Å². The number of anilines is 1. The van der Waals surface area contributed by atoms with E-state index in [1.165, 1.54) is 4.90 Å². The number of nitrogens with zero attached hydrogens (tertiary/aromatic N) is 4. The Bertz CT molecular complexity index is 943. The van der Waals surface area contributed by atoms with E-state index < -0.39 is 16.4 Å². The highest BCUT2D eigenvalue weighted by Crippen LogP contribution is 2.20. The van der Waals surface area contributed by atoms with Crippen molar-refractivity contribution in [1.82, 2.24) is 4.57 Å². The number of hydrogen-bond acceptors (Lipinski definition) is 5. The Hall–Kier alpha value is -3.47. The molecule has 0 spiro atoms. The predicted octanol–water partition coefficient (Wildman–Crippen LogP) is 2.32. The van der Waals surface area contributed by atoms with Crippen LogP contribution in [0.3, 0.4) is 0 Å². The minimum atomic E-state index is -0.628. The minimum Gasteiger partial charge on any atom is -0.310 e. The number of aromatic nitrogens is 1. The van der Waals surface area contributed by atoms with Crippen LogP contribution in [0.1, 0.15) is 17.5 Å². The maximum Gasteiger partial charge on any atom is 0.285 e. The molecule has 0 aliphatic heterocycles. The van der Waals surface area contributed by atoms with E-state index in [1.54, 1.807) is 6.07 Å². The first-order valence-electron chi connectivity index (χ1n) is 7.93. The lowest BCUT2D eigenvalue weighted by atomic mass is 10.1. The van der Waals surface area contributed by atoms with E-state index in [4.69, 9.17) is 5.26 Å². The molecule has 0 atom stereocenters. The van der Waals surface area contributed by atoms with Crippen LogP contribution in [0.2, 0.25) is 0 Å². The smallest absolute Gasteiger partial charge is 0.285 e. The van der Waals surface area contributed by atoms with Crippen molar-refractivity contribution in [3.63, 3.8) is 0 Å². The Kier molecular flexibility index (Phi) is 5.86. The van der Waals surface area contributed by atoms with Gasteiger partial charge >= 0.3 is 0 Å². The van der Waals surface area contributed by atoms with E-state index in [-0.39, 0.29) is 25.2 Å². The van der Waals surface area contributed by atoms with Crippen LogP contribution in [0.15, 0.2) is 41.3 Å². The summed E-state index contributed by atoms with van der Waals surface area (Å²) in [5, 5.41) is 19.7. The van der Waals surface area contributed by atoms with Crippen molar-refractivity contribution in [1.29, 1.82) is 5.26 Å². The van der Waals surface area contributed by atoms with Crippen molar-refractivity contribution in [2.45, 2.75) is 26.8 Å². The number of benzene rings is 1. The van der Waals surface area contributed by atoms with Crippen molar-refractivity contribution < 1.29 is 9.72 Å². The van der Waals surface area contributed by atoms with E-state index in [9.17, 15) is 19.7 Å². The molecule has 26 heavy (non-hydrogen) atoms. The molecule has 0 saturated carbocycles. The zero-order chi connectivity index (χ0) is 19.3. The van der Waals surface area contributed by atoms with Gasteiger partial charge in [-0.2, -0.15) is 5.26 Å². The molecular weight excluding hydrogens is 336 g/mol. The van der Waals surface area contributed by atoms with Crippen molar-refractivity contribution in [3.8, 4) is 6.07 Å². The average Bonchev–Trinajstić information content (AvgIpc) is 2.60. The molecule has 1 aromatic heterocycles. The summed E-state index contributed by atoms with van der Waals surface area (Å²) in [7, 11) is 0. The maximum absolute atomic E-state index is 12.7. The quantitative estimate of drug-likeness (QED) is 0.584. The number of rotatable bonds is 6. The van der Waals surface area contributed by atoms with E-state index in [1.807, 2.05) is 32.0 Å². The fourth-order valence-corrected chi connectivity index (χ4v) is 2.43. The fraction of sp³-hybridized carbons (Fsp3) is 0.278. The summed E-state index contributed by atoms with van der Waals surface area (Å²) in [5.41, 5.74) is 1.89. The van der Waals surface area contributed by atoms with Crippen molar-refractivity contribution in [2.24, 2.45) is 0 Å². The molecule has 0 N–H and O–H groups in total. The zero-order valence-corrected chi connectivity index (χ0v) is 14.5. The van der Waals surface area contributed by atoms with Crippen LogP contribution in [-0.2, 0) is 11.3 Å². The van der Waals surface area contributed by atoms with Gasteiger partial charge in [0, 0.05) is 24.4 Å². The van der Waals surface area contributed by atoms with Crippen molar-refractivity contribution in [2.75, 3.05) is 11.4 Å². The summed E-state index contributed by atoms with van der Waals surface area (Å²) in [5.74, 6) is -0.425. The maximum atomic E-state index is 12.7. The van der Waals surface area contributed by atoms with Crippen LogP contribution in [-0.4, -0.2) is 21.9 Å². The van der Waals surface area contributed by atoms with Crippen molar-refractivity contribution in [3.05, 3.63) is 68.1 Å². The second kappa shape index (κ2) is 8.07. The lowest BCUT2D eigenvalue weighted by Crippen LogP contribution is -2.37. The van der Waals surface area contributed by atoms with Gasteiger partial charge < -0.3 is 4.90 Å². The first-order valence-corrected chi connectivity index (χ1v) is 7.93. The zero-order valence-electron chi connectivity index (χ0n) is 14.5. The molecular formula is C18H18N4O4. The number of carbonyl (C=O) groups is 1. The standard InChI is InChI=1S/C18H18N4O4/c1-13-4-5-15(10-14(13)2)21(9-3-8-19)18(24)12-20-11-16(22(25)26)6-7-17(20)23/h4-7,10-11H,3,9,12H2,1-2H3. The normalized spacial score (nSPS) is 10.2. The van der Waals surface area contributed by atoms with Gasteiger partial charge in [0.05, 0.1) is 23.6 Å². The largest absolute Gasteiger partial charge is 0.310 e. The van der Waals surface area contributed by atoms with Crippen LogP contribution in [0.25, 0.3) is 0 Å². The monoisotopic (exact) mass is 354 g/mol. The number of carbonyl (C=O) groups excluding carboxylic acids is 1. The van der Waals surface area contributed by atoms with Crippen LogP contribution >= 0.6 is 0 Å². The highest BCUT2D eigenvalue weighted by Gasteiger charge is 2.18. The molecule has 0 saturated heterocycles. The van der Waals surface area contributed by atoms with Gasteiger partial charge in [-0.3, -0.25) is 24.3 Å². The molecule has 0 radical (unpaired) electrons. The highest BCUT2D eigenvalue weighted by atomic mass is 16.6. The summed E-state index contributed by atoms with van der Waals surface area (Å²) in [6.07, 6.45) is 1.17. The van der Waals surface area contributed by atoms with Crippen LogP contribution in [0.4, 0.5) is 11.4 Å². The van der Waals surface area contributed by atoms with Gasteiger partial charge in [-0.25, -0.2) is 0 Å². The summed E-state index contributed by atoms with van der Waals surface area (Å²) < 4.78 is 1.00. The lowest BCUT2D eigenvalue weighted by molar-refractivity contribution is -0.385. The molecule has 1 aromatic carbocycles. The van der Waals surface area contributed by atoms with Crippen LogP contribution < -0.4 is 10.5 Å². The first-order chi connectivity index (χ1) is 12.3. The van der Waals surface area contributed by atoms with Gasteiger partial charge in [0.25, 0.3) is 11.2 Å². The number of hydrogen-bond donors (Lipinski definition) is 0. The number of nitro groups is 1. The van der Waals surface area contributed by atoms with Crippen molar-refractivity contribution >= 4 is 17.3 Å². The third-order valence-electron chi connectivity index (χ3n) is 4.03. The second-order valence-electron chi connectivity index (χ2n) is 5.83. The molecule has 0 aliphatic carbocycles. The number of nitriles is 1. The molecule has 0 fully saturated rings. The number of aryl methyl sites for hydroxylation is 2. The first kappa shape index (κ1) is 18.9. The predicted molar refractivity (Wildman–Crippen MR) is 95.9 cm³/mol. The van der Waals surface area contributed by atoms with Gasteiger partial charge in [-0.05, 0) is 37.1 Å². The van der Waals surface area contributed by atoms with Crippen LogP contribution in [0.5, 0.6) is 0 Å². The molecule has 2 aromatic rings. The van der Waals surface area contributed by atoms with Gasteiger partial charge in [0.1, 0.15) is 6.54 Å². The molecule has 1 heterocycles. The summed E-state index contributed by atoms with van der Waals surface area (Å²) in [6.45, 7) is 3.68. The second-order valence-corrected chi connectivity index (χ2v) is 5.83. The Labute approximate surface area is 150 Å². The van der Waals surface area contributed by atoms with E-state index in [0.717, 1.165) is 34.0 Å². The number of amides is 1. The molecule has 0 unspecified atom stereocenters. The van der Waals surface area contributed by atoms with Gasteiger partial charge in [-0.1, -0.05) is 6.07 Å². The summed E-state index contributed by atoms with van der Waals surface area (Å²) >= 11 is 0. The minimum absolute atomic E-state index is 0.127. The van der Waals surface area contributed by atoms with Gasteiger partial charge in [-0.15, -0.1) is 0 Å². The molecule has 8 heteroatoms. The molecule has 2 rings (SSSR count). The summed E-state index contributed by atoms with van der Waals surface area (Å²) in [6, 6.07) is 9.63. The molecule has 0 bridgehead atoms. The third-order valence-corrected chi connectivity index (χ3v) is 4.03. The third kappa shape index (κ3) is 4.33. The van der Waals surface area contributed by atoms with Crippen LogP contribution in [0, 0.1) is 35.3 Å². The molecule has 8 nitrogen and oxygen atoms in total. The average molecular weight is 354 g/mol. The molecule has 1 amide bonds. The molecule has 134 valence electrons. The van der Waals surface area contributed by atoms with E-state index >= 15 is 0 Å². The lowest BCUT2D eigenvalue weighted by Gasteiger charge is -2.23. The Balaban J connectivity index is 2.34. The van der Waals surface area contributed by atoms with Gasteiger partial charge in [0.15, 0.2) is 0 Å². The Morgan fingerprint density at radius 3 is 2.62 bits per heavy atom. The topological polar surface area (TPSA) is 109 Å². The Morgan fingerprint density at radius 2 is 2.00 bits per heavy atom. The molecule has 0 aliphatic rings.